The first-order valence-electron chi connectivity index (χ1n) is 8.01. The fraction of sp³-hybridized carbons (Fsp3) is 0. The molecule has 28 heavy (non-hydrogen) atoms. The summed E-state index contributed by atoms with van der Waals surface area (Å²) in [6.45, 7) is 0. The van der Waals surface area contributed by atoms with Gasteiger partial charge in [0.15, 0.2) is 0 Å². The molecule has 9 heteroatoms. The molecule has 0 aliphatic carbocycles. The molecule has 3 aromatic rings. The predicted octanol–water partition coefficient (Wildman–Crippen LogP) is 4.41. The van der Waals surface area contributed by atoms with E-state index in [-0.39, 0.29) is 11.4 Å². The van der Waals surface area contributed by atoms with Crippen LogP contribution in [0.5, 0.6) is 0 Å². The summed E-state index contributed by atoms with van der Waals surface area (Å²) in [6.07, 6.45) is 2.64. The van der Waals surface area contributed by atoms with E-state index < -0.39 is 15.8 Å². The van der Waals surface area contributed by atoms with Crippen molar-refractivity contribution in [3.63, 3.8) is 0 Å². The molecule has 0 unspecified atom stereocenters. The molecule has 0 atom stereocenters. The summed E-state index contributed by atoms with van der Waals surface area (Å²) in [5.41, 5.74) is 0.581. The zero-order valence-corrected chi connectivity index (χ0v) is 14.3. The number of nitro benzene ring substituents is 2. The van der Waals surface area contributed by atoms with Gasteiger partial charge >= 0.3 is 0 Å². The number of nitro groups is 2. The molecule has 2 aromatic carbocycles. The number of benzene rings is 2. The average molecular weight is 379 g/mol. The van der Waals surface area contributed by atoms with Crippen molar-refractivity contribution in [1.29, 1.82) is 0 Å². The highest BCUT2D eigenvalue weighted by molar-refractivity contribution is 6.01. The SMILES string of the molecule is O=C(/C=C/c1ccc(-c2ccccc2[N+](=O)[O-])o1)Nc1ccc([N+](=O)[O-])cc1. The molecule has 9 nitrogen and oxygen atoms in total. The molecule has 0 spiro atoms. The van der Waals surface area contributed by atoms with Crippen LogP contribution < -0.4 is 5.32 Å². The minimum absolute atomic E-state index is 0.0772. The smallest absolute Gasteiger partial charge is 0.280 e. The van der Waals surface area contributed by atoms with Gasteiger partial charge < -0.3 is 9.73 Å². The maximum absolute atomic E-state index is 12.0. The molecule has 0 bridgehead atoms. The number of nitrogens with one attached hydrogen (secondary N) is 1. The molecular weight excluding hydrogens is 366 g/mol. The number of para-hydroxylation sites is 1. The van der Waals surface area contributed by atoms with E-state index in [0.717, 1.165) is 0 Å². The van der Waals surface area contributed by atoms with Gasteiger partial charge in [-0.05, 0) is 36.4 Å². The summed E-state index contributed by atoms with van der Waals surface area (Å²) in [7, 11) is 0. The maximum atomic E-state index is 12.0. The Morgan fingerprint density at radius 1 is 0.929 bits per heavy atom. The second kappa shape index (κ2) is 7.96. The Labute approximate surface area is 158 Å². The van der Waals surface area contributed by atoms with E-state index in [9.17, 15) is 25.0 Å². The van der Waals surface area contributed by atoms with Crippen LogP contribution in [0.25, 0.3) is 17.4 Å². The second-order valence-electron chi connectivity index (χ2n) is 5.60. The standard InChI is InChI=1S/C19H13N3O6/c23-19(20-13-5-7-14(8-6-13)21(24)25)12-10-15-9-11-18(28-15)16-3-1-2-4-17(16)22(26)27/h1-12H,(H,20,23)/b12-10+. The molecular formula is C19H13N3O6. The van der Waals surface area contributed by atoms with E-state index in [1.165, 1.54) is 42.5 Å². The van der Waals surface area contributed by atoms with Crippen molar-refractivity contribution in [1.82, 2.24) is 0 Å². The fourth-order valence-electron chi connectivity index (χ4n) is 2.44. The summed E-state index contributed by atoms with van der Waals surface area (Å²) < 4.78 is 5.56. The number of non-ortho nitro benzene ring substituents is 1. The van der Waals surface area contributed by atoms with Gasteiger partial charge in [0.2, 0.25) is 5.91 Å². The Morgan fingerprint density at radius 3 is 2.32 bits per heavy atom. The summed E-state index contributed by atoms with van der Waals surface area (Å²) >= 11 is 0. The molecule has 0 aliphatic rings. The van der Waals surface area contributed by atoms with Crippen LogP contribution in [0.3, 0.4) is 0 Å². The number of anilines is 1. The molecule has 0 saturated carbocycles. The third-order valence-corrected chi connectivity index (χ3v) is 3.74. The molecule has 0 saturated heterocycles. The van der Waals surface area contributed by atoms with Gasteiger partial charge in [0, 0.05) is 30.0 Å². The van der Waals surface area contributed by atoms with Gasteiger partial charge in [0.05, 0.1) is 15.4 Å². The van der Waals surface area contributed by atoms with Gasteiger partial charge in [-0.3, -0.25) is 25.0 Å². The van der Waals surface area contributed by atoms with Gasteiger partial charge in [-0.15, -0.1) is 0 Å². The highest BCUT2D eigenvalue weighted by atomic mass is 16.6. The molecule has 0 fully saturated rings. The van der Waals surface area contributed by atoms with Crippen LogP contribution in [0, 0.1) is 20.2 Å². The number of nitrogens with zero attached hydrogens (tertiary/aromatic N) is 2. The van der Waals surface area contributed by atoms with E-state index in [1.54, 1.807) is 30.3 Å². The van der Waals surface area contributed by atoms with Crippen LogP contribution in [-0.4, -0.2) is 15.8 Å². The molecule has 1 heterocycles. The minimum Gasteiger partial charge on any atom is -0.456 e. The summed E-state index contributed by atoms with van der Waals surface area (Å²) in [6, 6.07) is 14.8. The van der Waals surface area contributed by atoms with Gasteiger partial charge in [0.1, 0.15) is 11.5 Å². The quantitative estimate of drug-likeness (QED) is 0.383. The first-order valence-corrected chi connectivity index (χ1v) is 8.01. The summed E-state index contributed by atoms with van der Waals surface area (Å²) in [4.78, 5) is 32.7. The van der Waals surface area contributed by atoms with Crippen LogP contribution >= 0.6 is 0 Å². The Bertz CT molecular complexity index is 1070. The number of hydrogen-bond acceptors (Lipinski definition) is 6. The molecule has 0 aliphatic heterocycles. The lowest BCUT2D eigenvalue weighted by Crippen LogP contribution is -2.07. The highest BCUT2D eigenvalue weighted by Crippen LogP contribution is 2.31. The molecule has 1 N–H and O–H groups in total. The van der Waals surface area contributed by atoms with E-state index in [2.05, 4.69) is 5.32 Å². The van der Waals surface area contributed by atoms with Gasteiger partial charge in [-0.25, -0.2) is 0 Å². The Kier molecular flexibility index (Phi) is 5.26. The number of furan rings is 1. The molecule has 1 aromatic heterocycles. The van der Waals surface area contributed by atoms with E-state index in [4.69, 9.17) is 4.42 Å². The van der Waals surface area contributed by atoms with Gasteiger partial charge in [0.25, 0.3) is 11.4 Å². The van der Waals surface area contributed by atoms with E-state index in [0.29, 0.717) is 22.8 Å². The lowest BCUT2D eigenvalue weighted by molar-refractivity contribution is -0.384. The number of carbonyl (C=O) groups is 1. The topological polar surface area (TPSA) is 129 Å². The van der Waals surface area contributed by atoms with Crippen molar-refractivity contribution in [3.8, 4) is 11.3 Å². The van der Waals surface area contributed by atoms with Crippen LogP contribution in [0.15, 0.2) is 71.2 Å². The number of rotatable bonds is 6. The monoisotopic (exact) mass is 379 g/mol. The third-order valence-electron chi connectivity index (χ3n) is 3.74. The predicted molar refractivity (Wildman–Crippen MR) is 102 cm³/mol. The maximum Gasteiger partial charge on any atom is 0.280 e. The van der Waals surface area contributed by atoms with Crippen LogP contribution in [-0.2, 0) is 4.79 Å². The normalized spacial score (nSPS) is 10.7. The summed E-state index contributed by atoms with van der Waals surface area (Å²) in [5.74, 6) is 0.187. The Balaban J connectivity index is 1.69. The zero-order valence-electron chi connectivity index (χ0n) is 14.3. The van der Waals surface area contributed by atoms with Crippen LogP contribution in [0.2, 0.25) is 0 Å². The molecule has 3 rings (SSSR count). The van der Waals surface area contributed by atoms with E-state index in [1.807, 2.05) is 0 Å². The molecule has 0 radical (unpaired) electrons. The van der Waals surface area contributed by atoms with Crippen molar-refractivity contribution in [2.24, 2.45) is 0 Å². The van der Waals surface area contributed by atoms with Crippen molar-refractivity contribution < 1.29 is 19.1 Å². The lowest BCUT2D eigenvalue weighted by atomic mass is 10.1. The zero-order chi connectivity index (χ0) is 20.1. The lowest BCUT2D eigenvalue weighted by Gasteiger charge is -2.01. The van der Waals surface area contributed by atoms with Crippen molar-refractivity contribution >= 4 is 29.0 Å². The van der Waals surface area contributed by atoms with E-state index >= 15 is 0 Å². The van der Waals surface area contributed by atoms with Crippen LogP contribution in [0.4, 0.5) is 17.1 Å². The van der Waals surface area contributed by atoms with Gasteiger partial charge in [-0.1, -0.05) is 12.1 Å². The third kappa shape index (κ3) is 4.28. The van der Waals surface area contributed by atoms with Crippen molar-refractivity contribution in [2.45, 2.75) is 0 Å². The minimum atomic E-state index is -0.531. The molecule has 1 amide bonds. The number of hydrogen-bond donors (Lipinski definition) is 1. The highest BCUT2D eigenvalue weighted by Gasteiger charge is 2.16. The first-order chi connectivity index (χ1) is 13.4. The average Bonchev–Trinajstić information content (AvgIpc) is 3.15. The van der Waals surface area contributed by atoms with Crippen LogP contribution in [0.1, 0.15) is 5.76 Å². The number of amides is 1. The Hall–Kier alpha value is -4.27. The largest absolute Gasteiger partial charge is 0.456 e. The number of carbonyl (C=O) groups excluding carboxylic acids is 1. The molecule has 140 valence electrons. The summed E-state index contributed by atoms with van der Waals surface area (Å²) in [5, 5.41) is 24.3. The Morgan fingerprint density at radius 2 is 1.64 bits per heavy atom. The van der Waals surface area contributed by atoms with Crippen molar-refractivity contribution in [2.75, 3.05) is 5.32 Å². The fourth-order valence-corrected chi connectivity index (χ4v) is 2.44. The second-order valence-corrected chi connectivity index (χ2v) is 5.60. The van der Waals surface area contributed by atoms with Crippen molar-refractivity contribution in [3.05, 3.63) is 92.7 Å². The first kappa shape index (κ1) is 18.5. The van der Waals surface area contributed by atoms with Gasteiger partial charge in [-0.2, -0.15) is 0 Å².